The van der Waals surface area contributed by atoms with Crippen molar-refractivity contribution in [1.82, 2.24) is 0 Å². The maximum Gasteiger partial charge on any atom is -0.0252 e. The van der Waals surface area contributed by atoms with Crippen LogP contribution < -0.4 is 0 Å². The molecule has 0 aromatic rings. The van der Waals surface area contributed by atoms with Crippen molar-refractivity contribution in [3.8, 4) is 0 Å². The molecule has 0 nitrogen and oxygen atoms in total. The van der Waals surface area contributed by atoms with Gasteiger partial charge in [-0.05, 0) is 23.2 Å². The van der Waals surface area contributed by atoms with Crippen LogP contribution in [0.1, 0.15) is 53.9 Å². The third-order valence-corrected chi connectivity index (χ3v) is 4.13. The minimum atomic E-state index is 0.489. The maximum atomic E-state index is 2.46. The van der Waals surface area contributed by atoms with E-state index in [1.54, 1.807) is 0 Å². The predicted octanol–water partition coefficient (Wildman–Crippen LogP) is 3.86. The Bertz CT molecular complexity index is 141. The quantitative estimate of drug-likeness (QED) is 0.497. The summed E-state index contributed by atoms with van der Waals surface area (Å²) in [6.45, 7) is 12.0. The van der Waals surface area contributed by atoms with Crippen LogP contribution in [0.15, 0.2) is 0 Å². The molecular weight excluding hydrogens is 132 g/mol. The lowest BCUT2D eigenvalue weighted by Crippen LogP contribution is -2.34. The first-order valence-electron chi connectivity index (χ1n) is 4.88. The van der Waals surface area contributed by atoms with Gasteiger partial charge < -0.3 is 0 Å². The lowest BCUT2D eigenvalue weighted by atomic mass is 9.63. The smallest absolute Gasteiger partial charge is 0.0252 e. The molecule has 0 N–H and O–H groups in total. The molecule has 0 bridgehead atoms. The predicted molar refractivity (Wildman–Crippen MR) is 50.6 cm³/mol. The molecule has 66 valence electrons. The van der Waals surface area contributed by atoms with E-state index in [2.05, 4.69) is 34.6 Å². The number of rotatable bonds is 0. The molecule has 1 rings (SSSR count). The van der Waals surface area contributed by atoms with Crippen LogP contribution in [0.3, 0.4) is 0 Å². The molecule has 0 amide bonds. The zero-order chi connectivity index (χ0) is 8.70. The normalized spacial score (nSPS) is 39.5. The van der Waals surface area contributed by atoms with E-state index in [0.29, 0.717) is 10.8 Å². The van der Waals surface area contributed by atoms with E-state index in [0.717, 1.165) is 5.92 Å². The largest absolute Gasteiger partial charge is 0.0620 e. The minimum Gasteiger partial charge on any atom is -0.0620 e. The first-order chi connectivity index (χ1) is 4.88. The summed E-state index contributed by atoms with van der Waals surface area (Å²) in [5.74, 6) is 0.919. The van der Waals surface area contributed by atoms with E-state index < -0.39 is 0 Å². The molecule has 0 aromatic carbocycles. The molecule has 0 heterocycles. The highest BCUT2D eigenvalue weighted by atomic mass is 14.5. The van der Waals surface area contributed by atoms with E-state index in [9.17, 15) is 0 Å². The molecule has 1 unspecified atom stereocenters. The van der Waals surface area contributed by atoms with Crippen LogP contribution in [-0.4, -0.2) is 0 Å². The van der Waals surface area contributed by atoms with Crippen LogP contribution >= 0.6 is 0 Å². The van der Waals surface area contributed by atoms with Gasteiger partial charge in [-0.25, -0.2) is 0 Å². The molecule has 11 heavy (non-hydrogen) atoms. The van der Waals surface area contributed by atoms with Crippen LogP contribution in [-0.2, 0) is 0 Å². The van der Waals surface area contributed by atoms with E-state index in [1.807, 2.05) is 0 Å². The fraction of sp³-hybridized carbons (Fsp3) is 1.00. The van der Waals surface area contributed by atoms with E-state index in [-0.39, 0.29) is 0 Å². The Morgan fingerprint density at radius 3 is 2.00 bits per heavy atom. The van der Waals surface area contributed by atoms with Crippen molar-refractivity contribution in [3.63, 3.8) is 0 Å². The molecule has 1 aliphatic rings. The van der Waals surface area contributed by atoms with E-state index >= 15 is 0 Å². The van der Waals surface area contributed by atoms with Crippen LogP contribution in [0.5, 0.6) is 0 Å². The summed E-state index contributed by atoms with van der Waals surface area (Å²) in [6.07, 6.45) is 4.31. The second kappa shape index (κ2) is 2.50. The second-order valence-electron chi connectivity index (χ2n) is 5.46. The van der Waals surface area contributed by atoms with Crippen molar-refractivity contribution in [2.24, 2.45) is 16.7 Å². The highest BCUT2D eigenvalue weighted by molar-refractivity contribution is 4.94. The van der Waals surface area contributed by atoms with Crippen molar-refractivity contribution >= 4 is 0 Å². The molecule has 1 fully saturated rings. The van der Waals surface area contributed by atoms with Gasteiger partial charge in [0.15, 0.2) is 0 Å². The zero-order valence-corrected chi connectivity index (χ0v) is 8.70. The number of hydrogen-bond donors (Lipinski definition) is 0. The molecule has 2 atom stereocenters. The lowest BCUT2D eigenvalue weighted by molar-refractivity contribution is 0.0692. The first-order valence-corrected chi connectivity index (χ1v) is 4.88. The molecule has 0 heteroatoms. The Balaban J connectivity index is 2.81. The van der Waals surface area contributed by atoms with Gasteiger partial charge in [-0.15, -0.1) is 0 Å². The zero-order valence-electron chi connectivity index (χ0n) is 8.70. The molecule has 0 aromatic heterocycles. The standard InChI is InChI=1S/C11H22/c1-9-7-6-8-11(9,5)10(2,3)4/h9H,6-8H2,1-5H3/t9-,11?/m0/s1. The van der Waals surface area contributed by atoms with Gasteiger partial charge >= 0.3 is 0 Å². The summed E-state index contributed by atoms with van der Waals surface area (Å²) < 4.78 is 0. The third-order valence-electron chi connectivity index (χ3n) is 4.13. The Hall–Kier alpha value is 0. The van der Waals surface area contributed by atoms with Crippen molar-refractivity contribution in [2.45, 2.75) is 53.9 Å². The average Bonchev–Trinajstić information content (AvgIpc) is 2.12. The second-order valence-corrected chi connectivity index (χ2v) is 5.46. The minimum absolute atomic E-state index is 0.489. The van der Waals surface area contributed by atoms with Gasteiger partial charge in [0, 0.05) is 0 Å². The average molecular weight is 154 g/mol. The monoisotopic (exact) mass is 154 g/mol. The van der Waals surface area contributed by atoms with Gasteiger partial charge in [-0.3, -0.25) is 0 Å². The first kappa shape index (κ1) is 9.09. The van der Waals surface area contributed by atoms with Crippen LogP contribution in [0.4, 0.5) is 0 Å². The SMILES string of the molecule is C[C@H]1CCCC1(C)C(C)(C)C. The maximum absolute atomic E-state index is 2.46. The molecule has 0 radical (unpaired) electrons. The summed E-state index contributed by atoms with van der Waals surface area (Å²) in [4.78, 5) is 0. The molecular formula is C11H22. The highest BCUT2D eigenvalue weighted by Crippen LogP contribution is 2.53. The molecule has 1 aliphatic carbocycles. The van der Waals surface area contributed by atoms with Gasteiger partial charge in [-0.1, -0.05) is 47.5 Å². The fourth-order valence-corrected chi connectivity index (χ4v) is 2.45. The van der Waals surface area contributed by atoms with Crippen LogP contribution in [0.2, 0.25) is 0 Å². The Morgan fingerprint density at radius 2 is 1.82 bits per heavy atom. The molecule has 0 saturated heterocycles. The molecule has 0 spiro atoms. The van der Waals surface area contributed by atoms with Gasteiger partial charge in [0.05, 0.1) is 0 Å². The summed E-state index contributed by atoms with van der Waals surface area (Å²) in [6, 6.07) is 0. The van der Waals surface area contributed by atoms with Crippen LogP contribution in [0, 0.1) is 16.7 Å². The van der Waals surface area contributed by atoms with Crippen molar-refractivity contribution in [1.29, 1.82) is 0 Å². The lowest BCUT2D eigenvalue weighted by Gasteiger charge is -2.42. The number of hydrogen-bond acceptors (Lipinski definition) is 0. The topological polar surface area (TPSA) is 0 Å². The fourth-order valence-electron chi connectivity index (χ4n) is 2.45. The van der Waals surface area contributed by atoms with Crippen molar-refractivity contribution in [3.05, 3.63) is 0 Å². The highest BCUT2D eigenvalue weighted by Gasteiger charge is 2.44. The van der Waals surface area contributed by atoms with Gasteiger partial charge in [0.1, 0.15) is 0 Å². The van der Waals surface area contributed by atoms with Gasteiger partial charge in [0.25, 0.3) is 0 Å². The van der Waals surface area contributed by atoms with Crippen molar-refractivity contribution in [2.75, 3.05) is 0 Å². The van der Waals surface area contributed by atoms with Gasteiger partial charge in [0.2, 0.25) is 0 Å². The molecule has 0 aliphatic heterocycles. The van der Waals surface area contributed by atoms with E-state index in [1.165, 1.54) is 19.3 Å². The Morgan fingerprint density at radius 1 is 1.27 bits per heavy atom. The summed E-state index contributed by atoms with van der Waals surface area (Å²) in [7, 11) is 0. The van der Waals surface area contributed by atoms with E-state index in [4.69, 9.17) is 0 Å². The summed E-state index contributed by atoms with van der Waals surface area (Å²) in [5.41, 5.74) is 1.08. The Labute approximate surface area is 71.4 Å². The van der Waals surface area contributed by atoms with Gasteiger partial charge in [-0.2, -0.15) is 0 Å². The van der Waals surface area contributed by atoms with Crippen molar-refractivity contribution < 1.29 is 0 Å². The Kier molecular flexibility index (Phi) is 2.07. The molecule has 1 saturated carbocycles. The third kappa shape index (κ3) is 1.32. The van der Waals surface area contributed by atoms with Crippen LogP contribution in [0.25, 0.3) is 0 Å². The summed E-state index contributed by atoms with van der Waals surface area (Å²) in [5, 5.41) is 0. The summed E-state index contributed by atoms with van der Waals surface area (Å²) >= 11 is 0.